The molecular formula is C18H20F3N3S. The van der Waals surface area contributed by atoms with Crippen molar-refractivity contribution in [3.8, 4) is 10.6 Å². The van der Waals surface area contributed by atoms with Gasteiger partial charge < -0.3 is 0 Å². The van der Waals surface area contributed by atoms with Crippen LogP contribution in [0, 0.1) is 6.92 Å². The van der Waals surface area contributed by atoms with Crippen LogP contribution in [0.1, 0.15) is 42.8 Å². The molecule has 3 nitrogen and oxygen atoms in total. The second-order valence-electron chi connectivity index (χ2n) is 6.03. The molecule has 0 aliphatic heterocycles. The second-order valence-corrected chi connectivity index (χ2v) is 7.20. The third-order valence-electron chi connectivity index (χ3n) is 4.17. The second kappa shape index (κ2) is 6.78. The van der Waals surface area contributed by atoms with Crippen molar-refractivity contribution in [1.82, 2.24) is 14.8 Å². The molecule has 0 fully saturated rings. The Balaban J connectivity index is 2.25. The fourth-order valence-electron chi connectivity index (χ4n) is 2.87. The van der Waals surface area contributed by atoms with Crippen molar-refractivity contribution >= 4 is 22.4 Å². The fraction of sp³-hybridized carbons (Fsp3) is 0.444. The molecule has 0 amide bonds. The number of aryl methyl sites for hydroxylation is 3. The molecule has 7 heteroatoms. The average molecular weight is 367 g/mol. The number of pyridine rings is 1. The molecule has 0 aliphatic rings. The Morgan fingerprint density at radius 3 is 2.56 bits per heavy atom. The van der Waals surface area contributed by atoms with Gasteiger partial charge in [-0.2, -0.15) is 18.3 Å². The lowest BCUT2D eigenvalue weighted by Crippen LogP contribution is -2.08. The van der Waals surface area contributed by atoms with E-state index in [0.29, 0.717) is 23.6 Å². The summed E-state index contributed by atoms with van der Waals surface area (Å²) in [6.07, 6.45) is -1.80. The zero-order chi connectivity index (χ0) is 18.2. The fourth-order valence-corrected chi connectivity index (χ4v) is 3.78. The Bertz CT molecular complexity index is 893. The molecule has 25 heavy (non-hydrogen) atoms. The number of halogens is 3. The third-order valence-corrected chi connectivity index (χ3v) is 5.42. The molecule has 0 unspecified atom stereocenters. The van der Waals surface area contributed by atoms with E-state index in [0.717, 1.165) is 35.1 Å². The summed E-state index contributed by atoms with van der Waals surface area (Å²) in [5.74, 6) is 0. The first kappa shape index (κ1) is 17.9. The van der Waals surface area contributed by atoms with E-state index >= 15 is 0 Å². The number of hydrogen-bond acceptors (Lipinski definition) is 3. The minimum absolute atomic E-state index is 0.111. The standard InChI is InChI=1S/C18H20F3N3S/c1-4-6-9-24-17-16(11(3)23-24)13(18(19,20)21)10-14(22-17)15-8-7-12(5-2)25-15/h7-8,10H,4-6,9H2,1-3H3. The highest BCUT2D eigenvalue weighted by atomic mass is 32.1. The van der Waals surface area contributed by atoms with Crippen molar-refractivity contribution in [1.29, 1.82) is 0 Å². The molecule has 0 saturated carbocycles. The number of thiophene rings is 1. The quantitative estimate of drug-likeness (QED) is 0.566. The van der Waals surface area contributed by atoms with Gasteiger partial charge in [0.25, 0.3) is 0 Å². The van der Waals surface area contributed by atoms with Gasteiger partial charge in [0, 0.05) is 11.4 Å². The van der Waals surface area contributed by atoms with E-state index in [-0.39, 0.29) is 5.39 Å². The minimum Gasteiger partial charge on any atom is -0.247 e. The van der Waals surface area contributed by atoms with Gasteiger partial charge in [-0.05, 0) is 38.0 Å². The van der Waals surface area contributed by atoms with Crippen LogP contribution >= 0.6 is 11.3 Å². The van der Waals surface area contributed by atoms with Crippen LogP contribution in [0.25, 0.3) is 21.6 Å². The largest absolute Gasteiger partial charge is 0.417 e. The molecule has 3 rings (SSSR count). The van der Waals surface area contributed by atoms with Gasteiger partial charge in [0.1, 0.15) is 0 Å². The molecule has 134 valence electrons. The molecule has 0 saturated heterocycles. The maximum Gasteiger partial charge on any atom is 0.417 e. The Morgan fingerprint density at radius 2 is 1.96 bits per heavy atom. The SMILES string of the molecule is CCCCn1nc(C)c2c(C(F)(F)F)cc(-c3ccc(CC)s3)nc21. The van der Waals surface area contributed by atoms with Gasteiger partial charge in [0.05, 0.1) is 27.2 Å². The van der Waals surface area contributed by atoms with E-state index in [2.05, 4.69) is 10.1 Å². The van der Waals surface area contributed by atoms with Crippen molar-refractivity contribution in [2.45, 2.75) is 52.8 Å². The van der Waals surface area contributed by atoms with Crippen molar-refractivity contribution in [2.24, 2.45) is 0 Å². The molecule has 0 aromatic carbocycles. The molecule has 0 N–H and O–H groups in total. The molecular weight excluding hydrogens is 347 g/mol. The van der Waals surface area contributed by atoms with Crippen LogP contribution in [0.2, 0.25) is 0 Å². The van der Waals surface area contributed by atoms with Gasteiger partial charge in [0.15, 0.2) is 5.65 Å². The smallest absolute Gasteiger partial charge is 0.247 e. The van der Waals surface area contributed by atoms with E-state index in [1.165, 1.54) is 11.3 Å². The minimum atomic E-state index is -4.44. The number of aromatic nitrogens is 3. The van der Waals surface area contributed by atoms with E-state index in [1.54, 1.807) is 11.6 Å². The number of rotatable bonds is 5. The summed E-state index contributed by atoms with van der Waals surface area (Å²) in [7, 11) is 0. The highest BCUT2D eigenvalue weighted by molar-refractivity contribution is 7.15. The van der Waals surface area contributed by atoms with E-state index in [9.17, 15) is 13.2 Å². The average Bonchev–Trinajstić information content (AvgIpc) is 3.16. The van der Waals surface area contributed by atoms with Crippen molar-refractivity contribution in [2.75, 3.05) is 0 Å². The summed E-state index contributed by atoms with van der Waals surface area (Å²) in [6, 6.07) is 4.95. The van der Waals surface area contributed by atoms with Crippen LogP contribution in [0.3, 0.4) is 0 Å². The number of fused-ring (bicyclic) bond motifs is 1. The van der Waals surface area contributed by atoms with E-state index < -0.39 is 11.7 Å². The number of hydrogen-bond donors (Lipinski definition) is 0. The summed E-state index contributed by atoms with van der Waals surface area (Å²) in [4.78, 5) is 6.43. The predicted octanol–water partition coefficient (Wildman–Crippen LogP) is 5.85. The van der Waals surface area contributed by atoms with Gasteiger partial charge in [-0.15, -0.1) is 11.3 Å². The lowest BCUT2D eigenvalue weighted by atomic mass is 10.1. The van der Waals surface area contributed by atoms with Crippen LogP contribution in [-0.4, -0.2) is 14.8 Å². The summed E-state index contributed by atoms with van der Waals surface area (Å²) in [5.41, 5.74) is 0.404. The Labute approximate surface area is 148 Å². The van der Waals surface area contributed by atoms with Crippen LogP contribution in [0.15, 0.2) is 18.2 Å². The molecule has 3 aromatic rings. The first-order chi connectivity index (χ1) is 11.8. The summed E-state index contributed by atoms with van der Waals surface area (Å²) >= 11 is 1.48. The topological polar surface area (TPSA) is 30.7 Å². The van der Waals surface area contributed by atoms with Crippen LogP contribution in [0.5, 0.6) is 0 Å². The van der Waals surface area contributed by atoms with Crippen molar-refractivity contribution in [3.63, 3.8) is 0 Å². The molecule has 3 aromatic heterocycles. The van der Waals surface area contributed by atoms with Crippen LogP contribution in [0.4, 0.5) is 13.2 Å². The van der Waals surface area contributed by atoms with E-state index in [1.807, 2.05) is 26.0 Å². The van der Waals surface area contributed by atoms with Crippen molar-refractivity contribution < 1.29 is 13.2 Å². The highest BCUT2D eigenvalue weighted by Gasteiger charge is 2.35. The van der Waals surface area contributed by atoms with Crippen LogP contribution in [-0.2, 0) is 19.1 Å². The lowest BCUT2D eigenvalue weighted by molar-refractivity contribution is -0.136. The number of alkyl halides is 3. The van der Waals surface area contributed by atoms with Gasteiger partial charge in [-0.1, -0.05) is 20.3 Å². The van der Waals surface area contributed by atoms with Gasteiger partial charge in [-0.3, -0.25) is 0 Å². The first-order valence-electron chi connectivity index (χ1n) is 8.39. The molecule has 0 atom stereocenters. The summed E-state index contributed by atoms with van der Waals surface area (Å²) in [6.45, 7) is 6.24. The van der Waals surface area contributed by atoms with E-state index in [4.69, 9.17) is 0 Å². The summed E-state index contributed by atoms with van der Waals surface area (Å²) in [5, 5.41) is 4.43. The Kier molecular flexibility index (Phi) is 4.86. The number of nitrogens with zero attached hydrogens (tertiary/aromatic N) is 3. The van der Waals surface area contributed by atoms with Crippen molar-refractivity contribution in [3.05, 3.63) is 34.3 Å². The Morgan fingerprint density at radius 1 is 1.20 bits per heavy atom. The molecule has 0 aliphatic carbocycles. The normalized spacial score (nSPS) is 12.2. The zero-order valence-electron chi connectivity index (χ0n) is 14.4. The molecule has 0 spiro atoms. The molecule has 0 bridgehead atoms. The Hall–Kier alpha value is -1.89. The molecule has 0 radical (unpaired) electrons. The summed E-state index contributed by atoms with van der Waals surface area (Å²) < 4.78 is 42.6. The maximum absolute atomic E-state index is 13.7. The zero-order valence-corrected chi connectivity index (χ0v) is 15.3. The van der Waals surface area contributed by atoms with Gasteiger partial charge in [0.2, 0.25) is 0 Å². The number of unbranched alkanes of at least 4 members (excludes halogenated alkanes) is 1. The highest BCUT2D eigenvalue weighted by Crippen LogP contribution is 2.39. The van der Waals surface area contributed by atoms with Gasteiger partial charge in [-0.25, -0.2) is 9.67 Å². The van der Waals surface area contributed by atoms with Crippen LogP contribution < -0.4 is 0 Å². The lowest BCUT2D eigenvalue weighted by Gasteiger charge is -2.11. The third kappa shape index (κ3) is 3.42. The van der Waals surface area contributed by atoms with Gasteiger partial charge >= 0.3 is 6.18 Å². The monoisotopic (exact) mass is 367 g/mol. The maximum atomic E-state index is 13.7. The molecule has 3 heterocycles. The predicted molar refractivity (Wildman–Crippen MR) is 94.9 cm³/mol. The first-order valence-corrected chi connectivity index (χ1v) is 9.21.